The zero-order valence-electron chi connectivity index (χ0n) is 15.5. The quantitative estimate of drug-likeness (QED) is 0.516. The number of nitrogen functional groups attached to an aromatic ring is 1. The van der Waals surface area contributed by atoms with E-state index in [2.05, 4.69) is 20.4 Å². The number of hydrogen-bond acceptors (Lipinski definition) is 8. The van der Waals surface area contributed by atoms with Crippen LogP contribution in [0.15, 0.2) is 37.1 Å². The van der Waals surface area contributed by atoms with Gasteiger partial charge in [0.25, 0.3) is 5.91 Å². The van der Waals surface area contributed by atoms with Crippen LogP contribution in [0.1, 0.15) is 10.7 Å². The molecule has 0 aliphatic carbocycles. The molecule has 0 aliphatic heterocycles. The largest absolute Gasteiger partial charge is 0.404 e. The average Bonchev–Trinajstić information content (AvgIpc) is 3.33. The summed E-state index contributed by atoms with van der Waals surface area (Å²) in [7, 11) is 1.65. The number of nitrogens with zero attached hydrogens (tertiary/aromatic N) is 4. The predicted molar refractivity (Wildman–Crippen MR) is 109 cm³/mol. The summed E-state index contributed by atoms with van der Waals surface area (Å²) >= 11 is 1.36. The van der Waals surface area contributed by atoms with Gasteiger partial charge in [-0.3, -0.25) is 14.5 Å². The zero-order chi connectivity index (χ0) is 20.1. The highest BCUT2D eigenvalue weighted by atomic mass is 32.1. The number of carbonyl (C=O) groups is 1. The topological polar surface area (TPSA) is 134 Å². The molecule has 0 bridgehead atoms. The molecule has 0 atom stereocenters. The van der Waals surface area contributed by atoms with Crippen LogP contribution in [0.25, 0.3) is 16.0 Å². The van der Waals surface area contributed by atoms with Crippen molar-refractivity contribution in [1.29, 1.82) is 0 Å². The van der Waals surface area contributed by atoms with Crippen molar-refractivity contribution in [2.24, 2.45) is 5.73 Å². The fourth-order valence-electron chi connectivity index (χ4n) is 2.44. The molecule has 10 heteroatoms. The molecule has 0 aromatic carbocycles. The number of methoxy groups -OCH3 is 1. The summed E-state index contributed by atoms with van der Waals surface area (Å²) in [4.78, 5) is 22.0. The van der Waals surface area contributed by atoms with E-state index in [1.807, 2.05) is 6.20 Å². The van der Waals surface area contributed by atoms with Crippen molar-refractivity contribution in [2.75, 3.05) is 24.8 Å². The SMILES string of the molecule is COCCn1cc(-c2cnc(/C(=C\N)C(=O)Nc3cc(N)cnc3C)s2)cn1. The second-order valence-corrected chi connectivity index (χ2v) is 6.98. The minimum Gasteiger partial charge on any atom is -0.404 e. The molecule has 3 aromatic heterocycles. The molecule has 0 fully saturated rings. The lowest BCUT2D eigenvalue weighted by Gasteiger charge is -2.09. The van der Waals surface area contributed by atoms with Gasteiger partial charge >= 0.3 is 0 Å². The number of rotatable bonds is 7. The first-order valence-electron chi connectivity index (χ1n) is 8.45. The van der Waals surface area contributed by atoms with Crippen molar-refractivity contribution in [3.8, 4) is 10.4 Å². The van der Waals surface area contributed by atoms with Gasteiger partial charge in [0.15, 0.2) is 0 Å². The van der Waals surface area contributed by atoms with Crippen LogP contribution in [0.4, 0.5) is 11.4 Å². The molecule has 9 nitrogen and oxygen atoms in total. The molecule has 5 N–H and O–H groups in total. The Hall–Kier alpha value is -3.24. The monoisotopic (exact) mass is 399 g/mol. The summed E-state index contributed by atoms with van der Waals surface area (Å²) in [5.41, 5.74) is 14.3. The summed E-state index contributed by atoms with van der Waals surface area (Å²) in [5, 5.41) is 7.58. The molecule has 146 valence electrons. The minimum absolute atomic E-state index is 0.268. The number of aromatic nitrogens is 4. The number of nitrogens with one attached hydrogen (secondary N) is 1. The average molecular weight is 399 g/mol. The second kappa shape index (κ2) is 8.63. The molecule has 0 saturated carbocycles. The molecule has 3 aromatic rings. The van der Waals surface area contributed by atoms with Crippen LogP contribution >= 0.6 is 11.3 Å². The van der Waals surface area contributed by atoms with E-state index in [4.69, 9.17) is 16.2 Å². The lowest BCUT2D eigenvalue weighted by molar-refractivity contribution is -0.111. The van der Waals surface area contributed by atoms with Crippen molar-refractivity contribution >= 4 is 34.2 Å². The fraction of sp³-hybridized carbons (Fsp3) is 0.222. The van der Waals surface area contributed by atoms with E-state index in [-0.39, 0.29) is 11.5 Å². The fourth-order valence-corrected chi connectivity index (χ4v) is 3.35. The Morgan fingerprint density at radius 3 is 2.93 bits per heavy atom. The Morgan fingerprint density at radius 2 is 2.18 bits per heavy atom. The highest BCUT2D eigenvalue weighted by Crippen LogP contribution is 2.30. The minimum atomic E-state index is -0.380. The first kappa shape index (κ1) is 19.5. The van der Waals surface area contributed by atoms with E-state index < -0.39 is 0 Å². The van der Waals surface area contributed by atoms with Gasteiger partial charge in [-0.2, -0.15) is 5.10 Å². The number of carbonyl (C=O) groups excluding carboxylic acids is 1. The lowest BCUT2D eigenvalue weighted by Crippen LogP contribution is -2.16. The normalized spacial score (nSPS) is 11.6. The van der Waals surface area contributed by atoms with Gasteiger partial charge in [0, 0.05) is 31.3 Å². The number of anilines is 2. The van der Waals surface area contributed by atoms with E-state index in [0.29, 0.717) is 35.2 Å². The molecular weight excluding hydrogens is 378 g/mol. The van der Waals surface area contributed by atoms with Crippen LogP contribution in [-0.4, -0.2) is 39.4 Å². The molecule has 0 spiro atoms. The van der Waals surface area contributed by atoms with Gasteiger partial charge < -0.3 is 21.5 Å². The Kier molecular flexibility index (Phi) is 6.02. The van der Waals surface area contributed by atoms with Crippen LogP contribution in [0, 0.1) is 6.92 Å². The number of aryl methyl sites for hydroxylation is 1. The molecule has 1 amide bonds. The Balaban J connectivity index is 1.77. The molecule has 0 unspecified atom stereocenters. The molecular formula is C18H21N7O2S. The van der Waals surface area contributed by atoms with Gasteiger partial charge in [-0.05, 0) is 13.0 Å². The van der Waals surface area contributed by atoms with Gasteiger partial charge in [0.05, 0.1) is 53.1 Å². The summed E-state index contributed by atoms with van der Waals surface area (Å²) in [6.07, 6.45) is 8.13. The number of amides is 1. The second-order valence-electron chi connectivity index (χ2n) is 5.95. The molecule has 3 rings (SSSR count). The van der Waals surface area contributed by atoms with Gasteiger partial charge in [-0.15, -0.1) is 11.3 Å². The Bertz CT molecular complexity index is 1010. The van der Waals surface area contributed by atoms with Crippen LogP contribution < -0.4 is 16.8 Å². The third-order valence-corrected chi connectivity index (χ3v) is 5.03. The molecule has 3 heterocycles. The van der Waals surface area contributed by atoms with Crippen LogP contribution in [0.5, 0.6) is 0 Å². The van der Waals surface area contributed by atoms with Crippen molar-refractivity contribution in [3.63, 3.8) is 0 Å². The third-order valence-electron chi connectivity index (χ3n) is 3.95. The maximum Gasteiger partial charge on any atom is 0.260 e. The Labute approximate surface area is 166 Å². The van der Waals surface area contributed by atoms with Crippen LogP contribution in [-0.2, 0) is 16.1 Å². The number of thiazole rings is 1. The first-order chi connectivity index (χ1) is 13.5. The maximum absolute atomic E-state index is 12.7. The van der Waals surface area contributed by atoms with E-state index in [1.54, 1.807) is 37.2 Å². The predicted octanol–water partition coefficient (Wildman–Crippen LogP) is 1.88. The van der Waals surface area contributed by atoms with Crippen LogP contribution in [0.3, 0.4) is 0 Å². The van der Waals surface area contributed by atoms with Crippen molar-refractivity contribution < 1.29 is 9.53 Å². The van der Waals surface area contributed by atoms with Crippen LogP contribution in [0.2, 0.25) is 0 Å². The summed E-state index contributed by atoms with van der Waals surface area (Å²) in [6, 6.07) is 1.65. The van der Waals surface area contributed by atoms with Crippen molar-refractivity contribution in [1.82, 2.24) is 19.7 Å². The van der Waals surface area contributed by atoms with Gasteiger partial charge in [-0.1, -0.05) is 0 Å². The van der Waals surface area contributed by atoms with Crippen molar-refractivity contribution in [2.45, 2.75) is 13.5 Å². The number of hydrogen-bond donors (Lipinski definition) is 3. The van der Waals surface area contributed by atoms with Gasteiger partial charge in [0.2, 0.25) is 0 Å². The molecule has 0 saturated heterocycles. The van der Waals surface area contributed by atoms with Gasteiger partial charge in [0.1, 0.15) is 5.01 Å². The van der Waals surface area contributed by atoms with E-state index in [1.165, 1.54) is 23.7 Å². The number of nitrogens with two attached hydrogens (primary N) is 2. The molecule has 0 radical (unpaired) electrons. The first-order valence-corrected chi connectivity index (χ1v) is 9.26. The van der Waals surface area contributed by atoms with E-state index in [9.17, 15) is 4.79 Å². The number of ether oxygens (including phenoxy) is 1. The van der Waals surface area contributed by atoms with E-state index >= 15 is 0 Å². The maximum atomic E-state index is 12.7. The highest BCUT2D eigenvalue weighted by molar-refractivity contribution is 7.16. The standard InChI is InChI=1S/C18H21N7O2S/c1-11-15(5-13(20)8-21-11)24-17(26)14(6-19)18-22-9-16(28-18)12-7-23-25(10-12)3-4-27-2/h5-10H,3-4,19-20H2,1-2H3,(H,24,26)/b14-6-. The number of pyridine rings is 1. The lowest BCUT2D eigenvalue weighted by atomic mass is 10.2. The summed E-state index contributed by atoms with van der Waals surface area (Å²) in [5.74, 6) is -0.380. The third kappa shape index (κ3) is 4.35. The van der Waals surface area contributed by atoms with E-state index in [0.717, 1.165) is 10.4 Å². The summed E-state index contributed by atoms with van der Waals surface area (Å²) < 4.78 is 6.84. The molecule has 0 aliphatic rings. The summed E-state index contributed by atoms with van der Waals surface area (Å²) in [6.45, 7) is 3.02. The molecule has 28 heavy (non-hydrogen) atoms. The zero-order valence-corrected chi connectivity index (χ0v) is 16.4. The Morgan fingerprint density at radius 1 is 1.36 bits per heavy atom. The highest BCUT2D eigenvalue weighted by Gasteiger charge is 2.18. The smallest absolute Gasteiger partial charge is 0.260 e. The van der Waals surface area contributed by atoms with Crippen molar-refractivity contribution in [3.05, 3.63) is 47.8 Å². The van der Waals surface area contributed by atoms with Gasteiger partial charge in [-0.25, -0.2) is 4.98 Å².